The highest BCUT2D eigenvalue weighted by molar-refractivity contribution is 5.98. The lowest BCUT2D eigenvalue weighted by molar-refractivity contribution is -0.117. The van der Waals surface area contributed by atoms with Gasteiger partial charge < -0.3 is 20.7 Å². The summed E-state index contributed by atoms with van der Waals surface area (Å²) in [7, 11) is 0. The van der Waals surface area contributed by atoms with Gasteiger partial charge in [-0.25, -0.2) is 9.59 Å². The highest BCUT2D eigenvalue weighted by atomic mass is 16.5. The van der Waals surface area contributed by atoms with Crippen molar-refractivity contribution in [2.75, 3.05) is 11.9 Å². The highest BCUT2D eigenvalue weighted by Gasteiger charge is 2.23. The van der Waals surface area contributed by atoms with E-state index in [1.165, 1.54) is 6.42 Å². The van der Waals surface area contributed by atoms with E-state index in [-0.39, 0.29) is 23.9 Å². The molecule has 1 aliphatic rings. The second-order valence-electron chi connectivity index (χ2n) is 8.75. The predicted molar refractivity (Wildman–Crippen MR) is 133 cm³/mol. The third kappa shape index (κ3) is 8.21. The Bertz CT molecular complexity index is 925. The maximum atomic E-state index is 13.1. The molecular formula is C27H35N3O4. The molecule has 0 spiro atoms. The molecule has 3 N–H and O–H groups in total. The first-order valence-corrected chi connectivity index (χ1v) is 12.2. The van der Waals surface area contributed by atoms with Crippen LogP contribution >= 0.6 is 0 Å². The van der Waals surface area contributed by atoms with E-state index in [1.54, 1.807) is 24.3 Å². The first kappa shape index (κ1) is 25.3. The third-order valence-electron chi connectivity index (χ3n) is 5.96. The van der Waals surface area contributed by atoms with E-state index in [0.29, 0.717) is 24.3 Å². The summed E-state index contributed by atoms with van der Waals surface area (Å²) in [6.45, 7) is 2.43. The predicted octanol–water partition coefficient (Wildman–Crippen LogP) is 4.83. The van der Waals surface area contributed by atoms with Gasteiger partial charge in [-0.2, -0.15) is 0 Å². The molecule has 3 amide bonds. The molecule has 0 heterocycles. The minimum Gasteiger partial charge on any atom is -0.462 e. The molecule has 1 fully saturated rings. The summed E-state index contributed by atoms with van der Waals surface area (Å²) in [5.41, 5.74) is 1.92. The molecule has 3 rings (SSSR count). The highest BCUT2D eigenvalue weighted by Crippen LogP contribution is 2.17. The zero-order valence-electron chi connectivity index (χ0n) is 19.8. The number of benzene rings is 2. The average molecular weight is 466 g/mol. The van der Waals surface area contributed by atoms with Gasteiger partial charge in [0.25, 0.3) is 0 Å². The lowest BCUT2D eigenvalue weighted by Gasteiger charge is -2.25. The van der Waals surface area contributed by atoms with Gasteiger partial charge >= 0.3 is 12.0 Å². The molecule has 7 nitrogen and oxygen atoms in total. The number of hydrogen-bond acceptors (Lipinski definition) is 4. The van der Waals surface area contributed by atoms with Crippen LogP contribution < -0.4 is 16.0 Å². The molecule has 1 saturated carbocycles. The SMILES string of the molecule is CCCCOC(=O)c1ccc(NC(=O)C(Cc2ccccc2)NC(=O)NC2CCCCC2)cc1. The largest absolute Gasteiger partial charge is 0.462 e. The van der Waals surface area contributed by atoms with Crippen LogP contribution in [0.15, 0.2) is 54.6 Å². The molecule has 0 aliphatic heterocycles. The Balaban J connectivity index is 1.62. The van der Waals surface area contributed by atoms with Crippen molar-refractivity contribution in [3.05, 3.63) is 65.7 Å². The van der Waals surface area contributed by atoms with Crippen LogP contribution in [0.1, 0.15) is 67.8 Å². The molecule has 7 heteroatoms. The van der Waals surface area contributed by atoms with E-state index in [4.69, 9.17) is 4.74 Å². The Morgan fingerprint density at radius 1 is 0.971 bits per heavy atom. The minimum absolute atomic E-state index is 0.152. The molecule has 1 aliphatic carbocycles. The number of unbranched alkanes of at least 4 members (excludes halogenated alkanes) is 1. The van der Waals surface area contributed by atoms with Crippen molar-refractivity contribution in [2.24, 2.45) is 0 Å². The number of hydrogen-bond donors (Lipinski definition) is 3. The standard InChI is InChI=1S/C27H35N3O4/c1-2-3-18-34-26(32)21-14-16-23(17-15-21)28-25(31)24(19-20-10-6-4-7-11-20)30-27(33)29-22-12-8-5-9-13-22/h4,6-7,10-11,14-17,22,24H,2-3,5,8-9,12-13,18-19H2,1H3,(H,28,31)(H2,29,30,33). The third-order valence-corrected chi connectivity index (χ3v) is 5.96. The Hall–Kier alpha value is -3.35. The van der Waals surface area contributed by atoms with E-state index in [0.717, 1.165) is 44.1 Å². The Morgan fingerprint density at radius 3 is 2.35 bits per heavy atom. The molecule has 0 radical (unpaired) electrons. The number of urea groups is 1. The van der Waals surface area contributed by atoms with Gasteiger partial charge in [0, 0.05) is 18.2 Å². The lowest BCUT2D eigenvalue weighted by atomic mass is 9.96. The van der Waals surface area contributed by atoms with Crippen LogP contribution in [0.4, 0.5) is 10.5 Å². The van der Waals surface area contributed by atoms with Crippen LogP contribution in [0.5, 0.6) is 0 Å². The molecule has 2 aromatic rings. The monoisotopic (exact) mass is 465 g/mol. The Labute approximate surface area is 201 Å². The van der Waals surface area contributed by atoms with Crippen LogP contribution in [0.3, 0.4) is 0 Å². The summed E-state index contributed by atoms with van der Waals surface area (Å²) in [5, 5.41) is 8.72. The van der Waals surface area contributed by atoms with Gasteiger partial charge in [0.2, 0.25) is 5.91 Å². The zero-order chi connectivity index (χ0) is 24.2. The molecule has 0 saturated heterocycles. The topological polar surface area (TPSA) is 96.5 Å². The van der Waals surface area contributed by atoms with Crippen molar-refractivity contribution in [1.29, 1.82) is 0 Å². The van der Waals surface area contributed by atoms with E-state index >= 15 is 0 Å². The summed E-state index contributed by atoms with van der Waals surface area (Å²) in [4.78, 5) is 37.8. The van der Waals surface area contributed by atoms with Gasteiger partial charge in [-0.3, -0.25) is 4.79 Å². The molecule has 34 heavy (non-hydrogen) atoms. The summed E-state index contributed by atoms with van der Waals surface area (Å²) >= 11 is 0. The maximum absolute atomic E-state index is 13.1. The number of ether oxygens (including phenoxy) is 1. The molecule has 182 valence electrons. The van der Waals surface area contributed by atoms with Gasteiger partial charge in [0.15, 0.2) is 0 Å². The second kappa shape index (κ2) is 13.4. The smallest absolute Gasteiger partial charge is 0.338 e. The number of nitrogens with one attached hydrogen (secondary N) is 3. The number of anilines is 1. The maximum Gasteiger partial charge on any atom is 0.338 e. The van der Waals surface area contributed by atoms with Crippen LogP contribution in [0, 0.1) is 0 Å². The summed E-state index contributed by atoms with van der Waals surface area (Å²) in [5.74, 6) is -0.699. The van der Waals surface area contributed by atoms with Gasteiger partial charge in [0.1, 0.15) is 6.04 Å². The second-order valence-corrected chi connectivity index (χ2v) is 8.75. The van der Waals surface area contributed by atoms with Gasteiger partial charge in [-0.05, 0) is 49.1 Å². The minimum atomic E-state index is -0.746. The normalized spacial score (nSPS) is 14.6. The number of amides is 3. The van der Waals surface area contributed by atoms with Gasteiger partial charge in [-0.1, -0.05) is 62.9 Å². The van der Waals surface area contributed by atoms with Crippen LogP contribution in [-0.2, 0) is 16.0 Å². The molecule has 1 unspecified atom stereocenters. The van der Waals surface area contributed by atoms with Crippen molar-refractivity contribution in [2.45, 2.75) is 70.4 Å². The molecule has 2 aromatic carbocycles. The Morgan fingerprint density at radius 2 is 1.68 bits per heavy atom. The number of carbonyl (C=O) groups is 3. The van der Waals surface area contributed by atoms with Crippen LogP contribution in [-0.4, -0.2) is 36.6 Å². The number of esters is 1. The van der Waals surface area contributed by atoms with E-state index < -0.39 is 6.04 Å². The quantitative estimate of drug-likeness (QED) is 0.346. The average Bonchev–Trinajstić information content (AvgIpc) is 2.85. The molecule has 0 aromatic heterocycles. The van der Waals surface area contributed by atoms with Crippen molar-refractivity contribution >= 4 is 23.6 Å². The fraction of sp³-hybridized carbons (Fsp3) is 0.444. The lowest BCUT2D eigenvalue weighted by Crippen LogP contribution is -2.51. The van der Waals surface area contributed by atoms with Crippen molar-refractivity contribution < 1.29 is 19.1 Å². The summed E-state index contributed by atoms with van der Waals surface area (Å²) in [6.07, 6.45) is 7.51. The molecule has 1 atom stereocenters. The fourth-order valence-corrected chi connectivity index (χ4v) is 4.00. The van der Waals surface area contributed by atoms with Gasteiger partial charge in [-0.15, -0.1) is 0 Å². The zero-order valence-corrected chi connectivity index (χ0v) is 19.8. The Kier molecular flexibility index (Phi) is 9.95. The van der Waals surface area contributed by atoms with E-state index in [1.807, 2.05) is 37.3 Å². The van der Waals surface area contributed by atoms with Crippen LogP contribution in [0.2, 0.25) is 0 Å². The van der Waals surface area contributed by atoms with Crippen molar-refractivity contribution in [1.82, 2.24) is 10.6 Å². The summed E-state index contributed by atoms with van der Waals surface area (Å²) < 4.78 is 5.22. The van der Waals surface area contributed by atoms with Gasteiger partial charge in [0.05, 0.1) is 12.2 Å². The van der Waals surface area contributed by atoms with Crippen molar-refractivity contribution in [3.8, 4) is 0 Å². The van der Waals surface area contributed by atoms with Crippen LogP contribution in [0.25, 0.3) is 0 Å². The molecular weight excluding hydrogens is 430 g/mol. The summed E-state index contributed by atoms with van der Waals surface area (Å²) in [6, 6.07) is 15.2. The van der Waals surface area contributed by atoms with Crippen molar-refractivity contribution in [3.63, 3.8) is 0 Å². The number of rotatable bonds is 10. The van der Waals surface area contributed by atoms with E-state index in [2.05, 4.69) is 16.0 Å². The number of carbonyl (C=O) groups excluding carboxylic acids is 3. The first-order valence-electron chi connectivity index (χ1n) is 12.2. The first-order chi connectivity index (χ1) is 16.5. The molecule has 0 bridgehead atoms. The fourth-order valence-electron chi connectivity index (χ4n) is 4.00. The van der Waals surface area contributed by atoms with E-state index in [9.17, 15) is 14.4 Å².